The summed E-state index contributed by atoms with van der Waals surface area (Å²) in [5.74, 6) is 1.19. The van der Waals surface area contributed by atoms with Gasteiger partial charge in [0.1, 0.15) is 5.82 Å². The third-order valence-corrected chi connectivity index (χ3v) is 4.15. The first-order chi connectivity index (χ1) is 8.86. The Labute approximate surface area is 110 Å². The fraction of sp³-hybridized carbons (Fsp3) is 0.667. The summed E-state index contributed by atoms with van der Waals surface area (Å²) < 4.78 is 0. The van der Waals surface area contributed by atoms with Crippen molar-refractivity contribution in [3.8, 4) is 0 Å². The van der Waals surface area contributed by atoms with Crippen molar-refractivity contribution < 1.29 is 0 Å². The van der Waals surface area contributed by atoms with Gasteiger partial charge in [0, 0.05) is 24.8 Å². The van der Waals surface area contributed by atoms with Crippen molar-refractivity contribution in [2.24, 2.45) is 0 Å². The third kappa shape index (κ3) is 2.37. The van der Waals surface area contributed by atoms with Crippen molar-refractivity contribution in [1.29, 1.82) is 0 Å². The van der Waals surface area contributed by atoms with Crippen LogP contribution in [0.3, 0.4) is 0 Å². The lowest BCUT2D eigenvalue weighted by Gasteiger charge is -2.34. The second-order valence-electron chi connectivity index (χ2n) is 5.47. The predicted molar refractivity (Wildman–Crippen MR) is 75.2 cm³/mol. The molecule has 3 heteroatoms. The molecule has 0 aromatic carbocycles. The van der Waals surface area contributed by atoms with E-state index in [1.54, 1.807) is 0 Å². The van der Waals surface area contributed by atoms with Gasteiger partial charge in [-0.2, -0.15) is 0 Å². The molecular weight excluding hydrogens is 222 g/mol. The number of nitrogens with zero attached hydrogens (tertiary/aromatic N) is 2. The standard InChI is InChI=1S/C15H23N3/c1-2-16-13-6-4-10-18(11-13)15-9-8-12-5-3-7-14(12)17-15/h8-9,13,16H,2-7,10-11H2,1H3. The van der Waals surface area contributed by atoms with Crippen LogP contribution in [0, 0.1) is 0 Å². The van der Waals surface area contributed by atoms with Crippen LogP contribution < -0.4 is 10.2 Å². The molecular formula is C15H23N3. The minimum atomic E-state index is 0.638. The summed E-state index contributed by atoms with van der Waals surface area (Å²) in [5, 5.41) is 3.57. The predicted octanol–water partition coefficient (Wildman–Crippen LogP) is 2.15. The zero-order valence-electron chi connectivity index (χ0n) is 11.3. The molecule has 1 aromatic heterocycles. The van der Waals surface area contributed by atoms with E-state index >= 15 is 0 Å². The van der Waals surface area contributed by atoms with Crippen molar-refractivity contribution in [3.05, 3.63) is 23.4 Å². The van der Waals surface area contributed by atoms with Crippen LogP contribution in [-0.4, -0.2) is 30.7 Å². The minimum absolute atomic E-state index is 0.638. The molecule has 3 rings (SSSR count). The van der Waals surface area contributed by atoms with Gasteiger partial charge in [-0.15, -0.1) is 0 Å². The lowest BCUT2D eigenvalue weighted by atomic mass is 10.1. The van der Waals surface area contributed by atoms with Gasteiger partial charge in [-0.05, 0) is 50.3 Å². The monoisotopic (exact) mass is 245 g/mol. The number of aromatic nitrogens is 1. The first-order valence-electron chi connectivity index (χ1n) is 7.34. The van der Waals surface area contributed by atoms with E-state index in [1.165, 1.54) is 49.2 Å². The Morgan fingerprint density at radius 3 is 3.17 bits per heavy atom. The van der Waals surface area contributed by atoms with Crippen molar-refractivity contribution >= 4 is 5.82 Å². The maximum Gasteiger partial charge on any atom is 0.128 e. The van der Waals surface area contributed by atoms with E-state index in [2.05, 4.69) is 29.3 Å². The van der Waals surface area contributed by atoms with E-state index in [-0.39, 0.29) is 0 Å². The summed E-state index contributed by atoms with van der Waals surface area (Å²) in [5.41, 5.74) is 2.82. The number of rotatable bonds is 3. The summed E-state index contributed by atoms with van der Waals surface area (Å²) in [6, 6.07) is 5.15. The van der Waals surface area contributed by atoms with Crippen molar-refractivity contribution in [3.63, 3.8) is 0 Å². The van der Waals surface area contributed by atoms with Gasteiger partial charge < -0.3 is 10.2 Å². The molecule has 1 N–H and O–H groups in total. The largest absolute Gasteiger partial charge is 0.355 e. The average Bonchev–Trinajstić information content (AvgIpc) is 2.86. The Hall–Kier alpha value is -1.09. The van der Waals surface area contributed by atoms with Crippen LogP contribution in [0.15, 0.2) is 12.1 Å². The van der Waals surface area contributed by atoms with Gasteiger partial charge >= 0.3 is 0 Å². The van der Waals surface area contributed by atoms with Crippen LogP contribution in [0.2, 0.25) is 0 Å². The summed E-state index contributed by atoms with van der Waals surface area (Å²) in [4.78, 5) is 7.32. The average molecular weight is 245 g/mol. The van der Waals surface area contributed by atoms with Crippen molar-refractivity contribution in [2.45, 2.75) is 45.1 Å². The Balaban J connectivity index is 1.73. The van der Waals surface area contributed by atoms with Crippen molar-refractivity contribution in [2.75, 3.05) is 24.5 Å². The Bertz CT molecular complexity index is 414. The second-order valence-corrected chi connectivity index (χ2v) is 5.47. The lowest BCUT2D eigenvalue weighted by Crippen LogP contribution is -2.46. The number of hydrogen-bond acceptors (Lipinski definition) is 3. The number of hydrogen-bond donors (Lipinski definition) is 1. The van der Waals surface area contributed by atoms with Crippen molar-refractivity contribution in [1.82, 2.24) is 10.3 Å². The number of fused-ring (bicyclic) bond motifs is 1. The number of likely N-dealkylation sites (N-methyl/N-ethyl adjacent to an activating group) is 1. The summed E-state index contributed by atoms with van der Waals surface area (Å²) in [6.45, 7) is 5.52. The molecule has 1 aromatic rings. The summed E-state index contributed by atoms with van der Waals surface area (Å²) in [6.07, 6.45) is 6.26. The van der Waals surface area contributed by atoms with E-state index < -0.39 is 0 Å². The highest BCUT2D eigenvalue weighted by atomic mass is 15.2. The number of piperidine rings is 1. The molecule has 1 saturated heterocycles. The van der Waals surface area contributed by atoms with E-state index in [1.807, 2.05) is 0 Å². The smallest absolute Gasteiger partial charge is 0.128 e. The lowest BCUT2D eigenvalue weighted by molar-refractivity contribution is 0.429. The molecule has 0 bridgehead atoms. The number of pyridine rings is 1. The fourth-order valence-electron chi connectivity index (χ4n) is 3.23. The van der Waals surface area contributed by atoms with Crippen LogP contribution >= 0.6 is 0 Å². The molecule has 1 unspecified atom stereocenters. The highest BCUT2D eigenvalue weighted by Gasteiger charge is 2.21. The summed E-state index contributed by atoms with van der Waals surface area (Å²) >= 11 is 0. The molecule has 0 radical (unpaired) electrons. The zero-order valence-corrected chi connectivity index (χ0v) is 11.3. The number of aryl methyl sites for hydroxylation is 2. The molecule has 0 spiro atoms. The first-order valence-corrected chi connectivity index (χ1v) is 7.34. The van der Waals surface area contributed by atoms with Gasteiger partial charge in [0.15, 0.2) is 0 Å². The van der Waals surface area contributed by atoms with E-state index in [4.69, 9.17) is 4.98 Å². The maximum atomic E-state index is 4.87. The van der Waals surface area contributed by atoms with E-state index in [0.29, 0.717) is 6.04 Å². The number of anilines is 1. The minimum Gasteiger partial charge on any atom is -0.355 e. The van der Waals surface area contributed by atoms with Gasteiger partial charge in [0.05, 0.1) is 0 Å². The first kappa shape index (κ1) is 12.0. The molecule has 0 amide bonds. The van der Waals surface area contributed by atoms with E-state index in [9.17, 15) is 0 Å². The van der Waals surface area contributed by atoms with Gasteiger partial charge in [0.25, 0.3) is 0 Å². The Morgan fingerprint density at radius 2 is 2.28 bits per heavy atom. The van der Waals surface area contributed by atoms with Gasteiger partial charge in [-0.25, -0.2) is 4.98 Å². The SMILES string of the molecule is CCNC1CCCN(c2ccc3c(n2)CCC3)C1. The zero-order chi connectivity index (χ0) is 12.4. The second kappa shape index (κ2) is 5.27. The molecule has 0 saturated carbocycles. The molecule has 18 heavy (non-hydrogen) atoms. The molecule has 2 heterocycles. The van der Waals surface area contributed by atoms with Crippen LogP contribution in [0.4, 0.5) is 5.82 Å². The van der Waals surface area contributed by atoms with Gasteiger partial charge in [0.2, 0.25) is 0 Å². The van der Waals surface area contributed by atoms with Gasteiger partial charge in [-0.3, -0.25) is 0 Å². The molecule has 2 aliphatic rings. The van der Waals surface area contributed by atoms with Crippen LogP contribution in [0.5, 0.6) is 0 Å². The quantitative estimate of drug-likeness (QED) is 0.884. The molecule has 1 aliphatic carbocycles. The van der Waals surface area contributed by atoms with Gasteiger partial charge in [-0.1, -0.05) is 13.0 Å². The van der Waals surface area contributed by atoms with Crippen LogP contribution in [-0.2, 0) is 12.8 Å². The van der Waals surface area contributed by atoms with E-state index in [0.717, 1.165) is 19.6 Å². The maximum absolute atomic E-state index is 4.87. The molecule has 3 nitrogen and oxygen atoms in total. The number of nitrogens with one attached hydrogen (secondary N) is 1. The third-order valence-electron chi connectivity index (χ3n) is 4.15. The van der Waals surface area contributed by atoms with Crippen LogP contribution in [0.1, 0.15) is 37.4 Å². The molecule has 98 valence electrons. The van der Waals surface area contributed by atoms with Crippen LogP contribution in [0.25, 0.3) is 0 Å². The Kier molecular flexibility index (Phi) is 3.50. The summed E-state index contributed by atoms with van der Waals surface area (Å²) in [7, 11) is 0. The molecule has 1 aliphatic heterocycles. The highest BCUT2D eigenvalue weighted by molar-refractivity contribution is 5.43. The molecule has 1 fully saturated rings. The highest BCUT2D eigenvalue weighted by Crippen LogP contribution is 2.25. The Morgan fingerprint density at radius 1 is 1.33 bits per heavy atom. The molecule has 1 atom stereocenters. The normalized spacial score (nSPS) is 23.2. The fourth-order valence-corrected chi connectivity index (χ4v) is 3.23. The topological polar surface area (TPSA) is 28.2 Å².